The molecule has 0 fully saturated rings. The Morgan fingerprint density at radius 1 is 1.20 bits per heavy atom. The van der Waals surface area contributed by atoms with Crippen LogP contribution in [0.3, 0.4) is 0 Å². The van der Waals surface area contributed by atoms with E-state index in [1.165, 1.54) is 0 Å². The molecule has 124 valence electrons. The summed E-state index contributed by atoms with van der Waals surface area (Å²) in [4.78, 5) is 25.5. The van der Waals surface area contributed by atoms with Crippen LogP contribution >= 0.6 is 0 Å². The molecule has 1 amide bonds. The molecule has 25 heavy (non-hydrogen) atoms. The monoisotopic (exact) mass is 333 g/mol. The summed E-state index contributed by atoms with van der Waals surface area (Å²) in [7, 11) is 0. The second kappa shape index (κ2) is 5.86. The van der Waals surface area contributed by atoms with E-state index >= 15 is 0 Å². The highest BCUT2D eigenvalue weighted by Crippen LogP contribution is 2.19. The zero-order valence-electron chi connectivity index (χ0n) is 13.7. The number of furan rings is 1. The predicted molar refractivity (Wildman–Crippen MR) is 92.4 cm³/mol. The third kappa shape index (κ3) is 2.76. The molecule has 4 heterocycles. The van der Waals surface area contributed by atoms with Crippen LogP contribution in [0.2, 0.25) is 0 Å². The first-order valence-corrected chi connectivity index (χ1v) is 7.74. The first kappa shape index (κ1) is 15.1. The number of amides is 1. The molecule has 0 saturated heterocycles. The third-order valence-electron chi connectivity index (χ3n) is 3.83. The molecule has 0 aliphatic rings. The van der Waals surface area contributed by atoms with E-state index in [1.54, 1.807) is 41.4 Å². The molecule has 4 aromatic rings. The molecule has 0 aromatic carbocycles. The number of hydrogen-bond acceptors (Lipinski definition) is 5. The molecule has 0 saturated carbocycles. The van der Waals surface area contributed by atoms with Gasteiger partial charge in [0.15, 0.2) is 17.1 Å². The van der Waals surface area contributed by atoms with Gasteiger partial charge in [0, 0.05) is 11.4 Å². The molecule has 0 aliphatic carbocycles. The Morgan fingerprint density at radius 2 is 2.08 bits per heavy atom. The minimum atomic E-state index is -0.326. The van der Waals surface area contributed by atoms with Crippen molar-refractivity contribution in [1.82, 2.24) is 19.4 Å². The first-order valence-electron chi connectivity index (χ1n) is 7.74. The number of nitrogens with zero attached hydrogens (tertiary/aromatic N) is 4. The Kier molecular flexibility index (Phi) is 3.53. The van der Waals surface area contributed by atoms with Crippen molar-refractivity contribution in [1.29, 1.82) is 0 Å². The quantitative estimate of drug-likeness (QED) is 0.622. The van der Waals surface area contributed by atoms with Crippen molar-refractivity contribution in [2.75, 3.05) is 5.32 Å². The fourth-order valence-electron chi connectivity index (χ4n) is 2.67. The van der Waals surface area contributed by atoms with E-state index in [1.807, 2.05) is 26.0 Å². The van der Waals surface area contributed by atoms with E-state index in [-0.39, 0.29) is 11.6 Å². The molecule has 4 rings (SSSR count). The van der Waals surface area contributed by atoms with Crippen LogP contribution < -0.4 is 5.32 Å². The normalized spacial score (nSPS) is 11.0. The maximum Gasteiger partial charge on any atom is 0.278 e. The van der Waals surface area contributed by atoms with Crippen LogP contribution in [0, 0.1) is 13.8 Å². The van der Waals surface area contributed by atoms with Crippen molar-refractivity contribution >= 4 is 17.2 Å². The van der Waals surface area contributed by atoms with Gasteiger partial charge in [-0.3, -0.25) is 14.2 Å². The van der Waals surface area contributed by atoms with Gasteiger partial charge in [0.25, 0.3) is 5.91 Å². The smallest absolute Gasteiger partial charge is 0.278 e. The van der Waals surface area contributed by atoms with E-state index in [2.05, 4.69) is 20.3 Å². The predicted octanol–water partition coefficient (Wildman–Crippen LogP) is 3.25. The average molecular weight is 333 g/mol. The second-order valence-corrected chi connectivity index (χ2v) is 5.69. The highest BCUT2D eigenvalue weighted by atomic mass is 16.3. The molecule has 4 aromatic heterocycles. The molecular formula is C18H15N5O2. The van der Waals surface area contributed by atoms with Gasteiger partial charge in [0.1, 0.15) is 12.0 Å². The molecule has 0 unspecified atom stereocenters. The summed E-state index contributed by atoms with van der Waals surface area (Å²) < 4.78 is 7.09. The Bertz CT molecular complexity index is 1050. The summed E-state index contributed by atoms with van der Waals surface area (Å²) in [5.74, 6) is 0.348. The van der Waals surface area contributed by atoms with Gasteiger partial charge in [-0.25, -0.2) is 9.97 Å². The van der Waals surface area contributed by atoms with Crippen LogP contribution in [0.15, 0.2) is 53.5 Å². The van der Waals surface area contributed by atoms with Crippen LogP contribution in [-0.2, 0) is 0 Å². The number of aromatic nitrogens is 4. The van der Waals surface area contributed by atoms with Crippen LogP contribution in [-0.4, -0.2) is 25.3 Å². The number of carbonyl (C=O) groups excluding carboxylic acids is 1. The summed E-state index contributed by atoms with van der Waals surface area (Å²) in [6.45, 7) is 3.83. The van der Waals surface area contributed by atoms with E-state index in [0.717, 1.165) is 11.4 Å². The van der Waals surface area contributed by atoms with Crippen molar-refractivity contribution in [2.24, 2.45) is 0 Å². The number of pyridine rings is 1. The number of fused-ring (bicyclic) bond motifs is 1. The van der Waals surface area contributed by atoms with Gasteiger partial charge in [-0.1, -0.05) is 0 Å². The van der Waals surface area contributed by atoms with Crippen LogP contribution in [0.5, 0.6) is 0 Å². The number of carbonyl (C=O) groups is 1. The lowest BCUT2D eigenvalue weighted by Crippen LogP contribution is -2.13. The van der Waals surface area contributed by atoms with Gasteiger partial charge in [-0.15, -0.1) is 0 Å². The van der Waals surface area contributed by atoms with Crippen LogP contribution in [0.25, 0.3) is 17.1 Å². The minimum absolute atomic E-state index is 0.280. The van der Waals surface area contributed by atoms with E-state index in [9.17, 15) is 4.79 Å². The zero-order valence-corrected chi connectivity index (χ0v) is 13.7. The first-order chi connectivity index (χ1) is 12.1. The van der Waals surface area contributed by atoms with Crippen LogP contribution in [0.4, 0.5) is 5.69 Å². The molecule has 0 bridgehead atoms. The van der Waals surface area contributed by atoms with E-state index < -0.39 is 0 Å². The lowest BCUT2D eigenvalue weighted by atomic mass is 10.2. The maximum atomic E-state index is 12.6. The van der Waals surface area contributed by atoms with E-state index in [4.69, 9.17) is 4.42 Å². The molecule has 0 radical (unpaired) electrons. The Morgan fingerprint density at radius 3 is 2.80 bits per heavy atom. The summed E-state index contributed by atoms with van der Waals surface area (Å²) in [5, 5.41) is 2.80. The molecule has 7 nitrogen and oxygen atoms in total. The number of hydrogen-bond donors (Lipinski definition) is 1. The fourth-order valence-corrected chi connectivity index (χ4v) is 2.67. The van der Waals surface area contributed by atoms with Gasteiger partial charge in [0.05, 0.1) is 18.1 Å². The van der Waals surface area contributed by atoms with E-state index in [0.29, 0.717) is 22.8 Å². The van der Waals surface area contributed by atoms with Crippen LogP contribution in [0.1, 0.15) is 21.9 Å². The number of anilines is 1. The molecule has 0 aliphatic heterocycles. The van der Waals surface area contributed by atoms with Crippen molar-refractivity contribution in [3.63, 3.8) is 0 Å². The largest absolute Gasteiger partial charge is 0.463 e. The van der Waals surface area contributed by atoms with Gasteiger partial charge >= 0.3 is 0 Å². The summed E-state index contributed by atoms with van der Waals surface area (Å²) in [6, 6.07) is 9.12. The van der Waals surface area contributed by atoms with Gasteiger partial charge in [-0.05, 0) is 44.2 Å². The maximum absolute atomic E-state index is 12.6. The van der Waals surface area contributed by atoms with Gasteiger partial charge < -0.3 is 9.73 Å². The van der Waals surface area contributed by atoms with Crippen molar-refractivity contribution in [3.05, 3.63) is 66.2 Å². The zero-order chi connectivity index (χ0) is 17.4. The second-order valence-electron chi connectivity index (χ2n) is 5.69. The molecule has 7 heteroatoms. The number of rotatable bonds is 3. The van der Waals surface area contributed by atoms with Crippen molar-refractivity contribution in [3.8, 4) is 11.5 Å². The van der Waals surface area contributed by atoms with Crippen molar-refractivity contribution in [2.45, 2.75) is 13.8 Å². The third-order valence-corrected chi connectivity index (χ3v) is 3.83. The molecule has 0 atom stereocenters. The average Bonchev–Trinajstić information content (AvgIpc) is 3.25. The van der Waals surface area contributed by atoms with Gasteiger partial charge in [-0.2, -0.15) is 0 Å². The number of nitrogens with one attached hydrogen (secondary N) is 1. The molecule has 0 spiro atoms. The fraction of sp³-hybridized carbons (Fsp3) is 0.111. The summed E-state index contributed by atoms with van der Waals surface area (Å²) in [5.41, 5.74) is 3.90. The lowest BCUT2D eigenvalue weighted by Gasteiger charge is -2.05. The standard InChI is InChI=1S/C18H15N5O2/c1-11-8-12(2)23-10-20-16(17(23)21-11)18(24)22-13-5-6-14(19-9-13)15-4-3-7-25-15/h3-10H,1-2H3,(H,22,24). The lowest BCUT2D eigenvalue weighted by molar-refractivity contribution is 0.102. The molecule has 1 N–H and O–H groups in total. The van der Waals surface area contributed by atoms with Gasteiger partial charge in [0.2, 0.25) is 0 Å². The molecular weight excluding hydrogens is 318 g/mol. The topological polar surface area (TPSA) is 85.3 Å². The highest BCUT2D eigenvalue weighted by molar-refractivity contribution is 6.06. The number of imidazole rings is 1. The summed E-state index contributed by atoms with van der Waals surface area (Å²) >= 11 is 0. The minimum Gasteiger partial charge on any atom is -0.463 e. The van der Waals surface area contributed by atoms with Crippen molar-refractivity contribution < 1.29 is 9.21 Å². The number of aryl methyl sites for hydroxylation is 2. The Hall–Kier alpha value is -3.48. The Balaban J connectivity index is 1.60. The SMILES string of the molecule is Cc1cc(C)n2cnc(C(=O)Nc3ccc(-c4ccco4)nc3)c2n1. The summed E-state index contributed by atoms with van der Waals surface area (Å²) in [6.07, 6.45) is 4.77. The highest BCUT2D eigenvalue weighted by Gasteiger charge is 2.16. The Labute approximate surface area is 143 Å².